The molecule has 36 heavy (non-hydrogen) atoms. The molecular formula is C28H29N5O3. The molecule has 1 N–H and O–H groups in total. The van der Waals surface area contributed by atoms with E-state index in [2.05, 4.69) is 10.3 Å². The number of rotatable bonds is 5. The third-order valence-electron chi connectivity index (χ3n) is 7.58. The Morgan fingerprint density at radius 2 is 1.86 bits per heavy atom. The number of carbonyl (C=O) groups excluding carboxylic acids is 3. The Morgan fingerprint density at radius 3 is 2.61 bits per heavy atom. The molecule has 3 aromatic rings. The largest absolute Gasteiger partial charge is 0.350 e. The summed E-state index contributed by atoms with van der Waals surface area (Å²) >= 11 is 0. The summed E-state index contributed by atoms with van der Waals surface area (Å²) in [5.41, 5.74) is 3.50. The molecule has 1 aromatic heterocycles. The Hall–Kier alpha value is -3.94. The van der Waals surface area contributed by atoms with Crippen molar-refractivity contribution in [3.05, 3.63) is 82.9 Å². The molecular weight excluding hydrogens is 454 g/mol. The second kappa shape index (κ2) is 8.33. The minimum absolute atomic E-state index is 0.00765. The molecule has 0 unspecified atom stereocenters. The van der Waals surface area contributed by atoms with E-state index in [1.807, 2.05) is 62.4 Å². The van der Waals surface area contributed by atoms with Crippen LogP contribution in [0.5, 0.6) is 0 Å². The first-order chi connectivity index (χ1) is 17.4. The van der Waals surface area contributed by atoms with Gasteiger partial charge in [0.05, 0.1) is 12.9 Å². The van der Waals surface area contributed by atoms with E-state index in [9.17, 15) is 14.4 Å². The van der Waals surface area contributed by atoms with E-state index in [0.717, 1.165) is 41.6 Å². The van der Waals surface area contributed by atoms with Crippen LogP contribution in [-0.4, -0.2) is 50.3 Å². The van der Waals surface area contributed by atoms with Crippen LogP contribution in [0.2, 0.25) is 0 Å². The average Bonchev–Trinajstić information content (AvgIpc) is 3.45. The Morgan fingerprint density at radius 1 is 1.11 bits per heavy atom. The van der Waals surface area contributed by atoms with Gasteiger partial charge in [-0.3, -0.25) is 14.4 Å². The molecule has 1 aliphatic carbocycles. The van der Waals surface area contributed by atoms with Crippen molar-refractivity contribution in [2.75, 3.05) is 11.4 Å². The molecule has 3 amide bonds. The van der Waals surface area contributed by atoms with Crippen LogP contribution in [0, 0.1) is 6.92 Å². The summed E-state index contributed by atoms with van der Waals surface area (Å²) in [7, 11) is 0. The van der Waals surface area contributed by atoms with Crippen LogP contribution in [0.4, 0.5) is 5.69 Å². The van der Waals surface area contributed by atoms with Gasteiger partial charge in [-0.2, -0.15) is 0 Å². The van der Waals surface area contributed by atoms with Gasteiger partial charge in [0.15, 0.2) is 5.69 Å². The summed E-state index contributed by atoms with van der Waals surface area (Å²) in [6.07, 6.45) is 4.00. The lowest BCUT2D eigenvalue weighted by Crippen LogP contribution is -2.64. The topological polar surface area (TPSA) is 87.5 Å². The molecule has 6 rings (SSSR count). The number of nitrogens with one attached hydrogen (secondary N) is 1. The normalized spacial score (nSPS) is 20.8. The Bertz CT molecular complexity index is 1370. The fraction of sp³-hybridized carbons (Fsp3) is 0.357. The number of hydrogen-bond donors (Lipinski definition) is 1. The molecule has 0 spiro atoms. The van der Waals surface area contributed by atoms with Crippen molar-refractivity contribution in [2.45, 2.75) is 57.8 Å². The molecule has 1 fully saturated rings. The van der Waals surface area contributed by atoms with Crippen LogP contribution >= 0.6 is 0 Å². The van der Waals surface area contributed by atoms with Gasteiger partial charge in [-0.1, -0.05) is 48.0 Å². The van der Waals surface area contributed by atoms with Crippen molar-refractivity contribution in [1.82, 2.24) is 19.8 Å². The molecule has 2 aliphatic heterocycles. The molecule has 8 heteroatoms. The van der Waals surface area contributed by atoms with Crippen LogP contribution < -0.4 is 10.2 Å². The quantitative estimate of drug-likeness (QED) is 0.604. The van der Waals surface area contributed by atoms with Gasteiger partial charge in [-0.05, 0) is 50.3 Å². The number of benzene rings is 2. The lowest BCUT2D eigenvalue weighted by atomic mass is 9.93. The van der Waals surface area contributed by atoms with Crippen molar-refractivity contribution < 1.29 is 14.4 Å². The number of aromatic nitrogens is 2. The summed E-state index contributed by atoms with van der Waals surface area (Å²) in [4.78, 5) is 48.8. The van der Waals surface area contributed by atoms with Crippen LogP contribution in [0.25, 0.3) is 0 Å². The fourth-order valence-electron chi connectivity index (χ4n) is 5.47. The summed E-state index contributed by atoms with van der Waals surface area (Å²) in [5.74, 6) is -0.778. The third kappa shape index (κ3) is 3.59. The molecule has 8 nitrogen and oxygen atoms in total. The highest BCUT2D eigenvalue weighted by molar-refractivity contribution is 6.13. The van der Waals surface area contributed by atoms with E-state index in [-0.39, 0.29) is 41.7 Å². The number of hydrogen-bond acceptors (Lipinski definition) is 4. The van der Waals surface area contributed by atoms with Gasteiger partial charge in [0, 0.05) is 24.8 Å². The van der Waals surface area contributed by atoms with E-state index in [1.54, 1.807) is 14.4 Å². The molecule has 184 valence electrons. The fourth-order valence-corrected chi connectivity index (χ4v) is 5.47. The van der Waals surface area contributed by atoms with Crippen molar-refractivity contribution >= 4 is 23.4 Å². The number of fused-ring (bicyclic) bond motifs is 2. The Labute approximate surface area is 209 Å². The summed E-state index contributed by atoms with van der Waals surface area (Å²) in [6, 6.07) is 15.8. The van der Waals surface area contributed by atoms with Gasteiger partial charge in [-0.25, -0.2) is 4.98 Å². The summed E-state index contributed by atoms with van der Waals surface area (Å²) in [5, 5.41) is 3.04. The highest BCUT2D eigenvalue weighted by Crippen LogP contribution is 2.39. The van der Waals surface area contributed by atoms with Crippen LogP contribution in [0.1, 0.15) is 57.4 Å². The predicted octanol–water partition coefficient (Wildman–Crippen LogP) is 3.09. The van der Waals surface area contributed by atoms with Crippen molar-refractivity contribution in [2.24, 2.45) is 0 Å². The molecule has 0 bridgehead atoms. The van der Waals surface area contributed by atoms with Crippen LogP contribution in [0.15, 0.2) is 54.9 Å². The third-order valence-corrected chi connectivity index (χ3v) is 7.58. The second-order valence-electron chi connectivity index (χ2n) is 10.3. The standard InChI is InChI=1S/C28H29N5O3/c1-18-7-9-19(10-8-18)15-29-27(36)28(2)16-31-17-30-23(24(31)26(35)33(28)21-11-12-21)25(34)32-14-13-20-5-3-4-6-22(20)32/h3-10,17,21H,11-16H2,1-2H3,(H,29,36)/t28-/m1/s1. The number of anilines is 1. The number of para-hydroxylation sites is 1. The van der Waals surface area contributed by atoms with E-state index in [1.165, 1.54) is 6.33 Å². The zero-order chi connectivity index (χ0) is 25.0. The molecule has 3 aliphatic rings. The van der Waals surface area contributed by atoms with E-state index in [4.69, 9.17) is 0 Å². The maximum Gasteiger partial charge on any atom is 0.279 e. The second-order valence-corrected chi connectivity index (χ2v) is 10.3. The highest BCUT2D eigenvalue weighted by Gasteiger charge is 2.54. The smallest absolute Gasteiger partial charge is 0.279 e. The predicted molar refractivity (Wildman–Crippen MR) is 135 cm³/mol. The molecule has 2 aromatic carbocycles. The van der Waals surface area contributed by atoms with Crippen molar-refractivity contribution in [1.29, 1.82) is 0 Å². The van der Waals surface area contributed by atoms with Gasteiger partial charge in [0.25, 0.3) is 11.8 Å². The van der Waals surface area contributed by atoms with Gasteiger partial charge in [0.2, 0.25) is 5.91 Å². The number of nitrogens with zero attached hydrogens (tertiary/aromatic N) is 4. The first-order valence-electron chi connectivity index (χ1n) is 12.5. The van der Waals surface area contributed by atoms with Gasteiger partial charge >= 0.3 is 0 Å². The Kier molecular flexibility index (Phi) is 5.21. The van der Waals surface area contributed by atoms with Gasteiger partial charge in [0.1, 0.15) is 11.2 Å². The van der Waals surface area contributed by atoms with Crippen LogP contribution in [0.3, 0.4) is 0 Å². The van der Waals surface area contributed by atoms with Crippen LogP contribution in [-0.2, 0) is 24.3 Å². The highest BCUT2D eigenvalue weighted by atomic mass is 16.2. The zero-order valence-electron chi connectivity index (χ0n) is 20.5. The monoisotopic (exact) mass is 483 g/mol. The zero-order valence-corrected chi connectivity index (χ0v) is 20.5. The Balaban J connectivity index is 1.29. The van der Waals surface area contributed by atoms with E-state index in [0.29, 0.717) is 13.1 Å². The van der Waals surface area contributed by atoms with Crippen molar-refractivity contribution in [3.8, 4) is 0 Å². The minimum atomic E-state index is -1.07. The first-order valence-corrected chi connectivity index (χ1v) is 12.5. The number of imidazole rings is 1. The molecule has 1 atom stereocenters. The molecule has 3 heterocycles. The van der Waals surface area contributed by atoms with Gasteiger partial charge in [-0.15, -0.1) is 0 Å². The SMILES string of the molecule is Cc1ccc(CNC(=O)[C@@]2(C)Cn3cnc(C(=O)N4CCc5ccccc54)c3C(=O)N2C2CC2)cc1. The van der Waals surface area contributed by atoms with Gasteiger partial charge < -0.3 is 19.7 Å². The maximum atomic E-state index is 13.9. The van der Waals surface area contributed by atoms with Crippen molar-refractivity contribution in [3.63, 3.8) is 0 Å². The number of amides is 3. The number of aryl methyl sites for hydroxylation is 1. The summed E-state index contributed by atoms with van der Waals surface area (Å²) < 4.78 is 1.68. The first kappa shape index (κ1) is 22.5. The number of carbonyl (C=O) groups is 3. The van der Waals surface area contributed by atoms with E-state index >= 15 is 0 Å². The maximum absolute atomic E-state index is 13.9. The summed E-state index contributed by atoms with van der Waals surface area (Å²) in [6.45, 7) is 5.03. The average molecular weight is 484 g/mol. The molecule has 1 saturated carbocycles. The molecule has 0 radical (unpaired) electrons. The lowest BCUT2D eigenvalue weighted by molar-refractivity contribution is -0.133. The minimum Gasteiger partial charge on any atom is -0.350 e. The molecule has 0 saturated heterocycles. The van der Waals surface area contributed by atoms with E-state index < -0.39 is 5.54 Å². The lowest BCUT2D eigenvalue weighted by Gasteiger charge is -2.44.